The molecule has 0 spiro atoms. The van der Waals surface area contributed by atoms with E-state index in [1.165, 1.54) is 0 Å². The molecule has 1 atom stereocenters. The Morgan fingerprint density at radius 1 is 1.47 bits per heavy atom. The maximum Gasteiger partial charge on any atom is 0.223 e. The van der Waals surface area contributed by atoms with Crippen molar-refractivity contribution in [2.24, 2.45) is 11.7 Å². The van der Waals surface area contributed by atoms with Crippen molar-refractivity contribution >= 4 is 21.9 Å². The summed E-state index contributed by atoms with van der Waals surface area (Å²) in [6.45, 7) is 6.87. The zero-order valence-corrected chi connectivity index (χ0v) is 10.9. The molecule has 1 unspecified atom stereocenters. The van der Waals surface area contributed by atoms with Gasteiger partial charge >= 0.3 is 0 Å². The zero-order valence-electron chi connectivity index (χ0n) is 9.29. The van der Waals surface area contributed by atoms with Crippen LogP contribution in [0.2, 0.25) is 0 Å². The summed E-state index contributed by atoms with van der Waals surface area (Å²) in [7, 11) is 0. The summed E-state index contributed by atoms with van der Waals surface area (Å²) < 4.78 is 0.868. The van der Waals surface area contributed by atoms with Crippen LogP contribution in [0.5, 0.6) is 0 Å². The van der Waals surface area contributed by atoms with Gasteiger partial charge in [-0.1, -0.05) is 13.8 Å². The fourth-order valence-electron chi connectivity index (χ4n) is 1.06. The van der Waals surface area contributed by atoms with E-state index >= 15 is 0 Å². The molecule has 0 aromatic carbocycles. The van der Waals surface area contributed by atoms with Gasteiger partial charge < -0.3 is 11.1 Å². The van der Waals surface area contributed by atoms with Gasteiger partial charge in [0.25, 0.3) is 0 Å². The SMILES string of the molecule is CC(C)C(C)(CN)Nc1ncc(Br)cn1. The van der Waals surface area contributed by atoms with Crippen LogP contribution in [0, 0.1) is 5.92 Å². The molecule has 0 radical (unpaired) electrons. The van der Waals surface area contributed by atoms with E-state index in [2.05, 4.69) is 52.0 Å². The highest BCUT2D eigenvalue weighted by Gasteiger charge is 2.27. The molecule has 15 heavy (non-hydrogen) atoms. The van der Waals surface area contributed by atoms with Crippen LogP contribution in [-0.4, -0.2) is 22.1 Å². The third-order valence-corrected chi connectivity index (χ3v) is 3.13. The van der Waals surface area contributed by atoms with E-state index in [1.807, 2.05) is 0 Å². The Morgan fingerprint density at radius 2 is 2.00 bits per heavy atom. The summed E-state index contributed by atoms with van der Waals surface area (Å²) in [5.41, 5.74) is 5.59. The summed E-state index contributed by atoms with van der Waals surface area (Å²) in [5.74, 6) is 1.02. The second-order valence-electron chi connectivity index (χ2n) is 4.13. The highest BCUT2D eigenvalue weighted by Crippen LogP contribution is 2.19. The first-order valence-corrected chi connectivity index (χ1v) is 5.73. The van der Waals surface area contributed by atoms with Crippen LogP contribution in [0.15, 0.2) is 16.9 Å². The largest absolute Gasteiger partial charge is 0.348 e. The molecule has 1 aromatic rings. The van der Waals surface area contributed by atoms with Gasteiger partial charge in [0.05, 0.1) is 10.0 Å². The van der Waals surface area contributed by atoms with Gasteiger partial charge in [-0.25, -0.2) is 9.97 Å². The number of anilines is 1. The van der Waals surface area contributed by atoms with Crippen molar-refractivity contribution < 1.29 is 0 Å². The van der Waals surface area contributed by atoms with Crippen LogP contribution in [-0.2, 0) is 0 Å². The van der Waals surface area contributed by atoms with Crippen molar-refractivity contribution in [3.05, 3.63) is 16.9 Å². The van der Waals surface area contributed by atoms with Crippen molar-refractivity contribution in [1.29, 1.82) is 0 Å². The number of halogens is 1. The number of aromatic nitrogens is 2. The fourth-order valence-corrected chi connectivity index (χ4v) is 1.27. The topological polar surface area (TPSA) is 63.8 Å². The predicted molar refractivity (Wildman–Crippen MR) is 65.7 cm³/mol. The van der Waals surface area contributed by atoms with E-state index in [0.717, 1.165) is 4.47 Å². The Kier molecular flexibility index (Phi) is 4.04. The van der Waals surface area contributed by atoms with Crippen molar-refractivity contribution in [3.8, 4) is 0 Å². The minimum Gasteiger partial charge on any atom is -0.348 e. The zero-order chi connectivity index (χ0) is 11.5. The average molecular weight is 273 g/mol. The average Bonchev–Trinajstić information content (AvgIpc) is 2.21. The van der Waals surface area contributed by atoms with Crippen LogP contribution >= 0.6 is 15.9 Å². The molecule has 4 nitrogen and oxygen atoms in total. The van der Waals surface area contributed by atoms with E-state index < -0.39 is 0 Å². The first kappa shape index (κ1) is 12.4. The molecule has 0 saturated carbocycles. The van der Waals surface area contributed by atoms with Gasteiger partial charge in [0, 0.05) is 18.9 Å². The molecule has 1 rings (SSSR count). The van der Waals surface area contributed by atoms with Gasteiger partial charge in [-0.3, -0.25) is 0 Å². The van der Waals surface area contributed by atoms with Gasteiger partial charge in [0.2, 0.25) is 5.95 Å². The highest BCUT2D eigenvalue weighted by atomic mass is 79.9. The quantitative estimate of drug-likeness (QED) is 0.881. The van der Waals surface area contributed by atoms with E-state index in [1.54, 1.807) is 12.4 Å². The molecular weight excluding hydrogens is 256 g/mol. The monoisotopic (exact) mass is 272 g/mol. The molecule has 0 aliphatic rings. The lowest BCUT2D eigenvalue weighted by Gasteiger charge is -2.33. The van der Waals surface area contributed by atoms with Crippen LogP contribution in [0.25, 0.3) is 0 Å². The van der Waals surface area contributed by atoms with Gasteiger partial charge in [-0.05, 0) is 28.8 Å². The Morgan fingerprint density at radius 3 is 2.40 bits per heavy atom. The number of nitrogens with one attached hydrogen (secondary N) is 1. The Bertz CT molecular complexity index is 312. The number of nitrogens with zero attached hydrogens (tertiary/aromatic N) is 2. The standard InChI is InChI=1S/C10H17BrN4/c1-7(2)10(3,6-12)15-9-13-4-8(11)5-14-9/h4-5,7H,6,12H2,1-3H3,(H,13,14,15). The molecular formula is C10H17BrN4. The summed E-state index contributed by atoms with van der Waals surface area (Å²) in [4.78, 5) is 8.34. The number of hydrogen-bond acceptors (Lipinski definition) is 4. The molecule has 1 heterocycles. The summed E-state index contributed by atoms with van der Waals surface area (Å²) in [6.07, 6.45) is 3.43. The molecule has 1 aromatic heterocycles. The molecule has 0 aliphatic heterocycles. The second-order valence-corrected chi connectivity index (χ2v) is 5.04. The van der Waals surface area contributed by atoms with Crippen LogP contribution in [0.3, 0.4) is 0 Å². The molecule has 0 saturated heterocycles. The molecule has 0 bridgehead atoms. The molecule has 84 valence electrons. The van der Waals surface area contributed by atoms with Crippen LogP contribution in [0.4, 0.5) is 5.95 Å². The van der Waals surface area contributed by atoms with E-state index in [-0.39, 0.29) is 5.54 Å². The lowest BCUT2D eigenvalue weighted by atomic mass is 9.89. The maximum atomic E-state index is 5.76. The number of hydrogen-bond donors (Lipinski definition) is 2. The van der Waals surface area contributed by atoms with Gasteiger partial charge in [-0.2, -0.15) is 0 Å². The third-order valence-electron chi connectivity index (χ3n) is 2.72. The predicted octanol–water partition coefficient (Wildman–Crippen LogP) is 2.02. The summed E-state index contributed by atoms with van der Waals surface area (Å²) in [5, 5.41) is 3.26. The Labute approximate surface area is 98.8 Å². The van der Waals surface area contributed by atoms with Crippen LogP contribution in [0.1, 0.15) is 20.8 Å². The minimum atomic E-state index is -0.173. The van der Waals surface area contributed by atoms with E-state index in [9.17, 15) is 0 Å². The summed E-state index contributed by atoms with van der Waals surface area (Å²) in [6, 6.07) is 0. The maximum absolute atomic E-state index is 5.76. The Balaban J connectivity index is 2.79. The number of nitrogens with two attached hydrogens (primary N) is 1. The lowest BCUT2D eigenvalue weighted by molar-refractivity contribution is 0.380. The van der Waals surface area contributed by atoms with Gasteiger partial charge in [0.15, 0.2) is 0 Å². The molecule has 3 N–H and O–H groups in total. The fraction of sp³-hybridized carbons (Fsp3) is 0.600. The number of rotatable bonds is 4. The molecule has 0 fully saturated rings. The van der Waals surface area contributed by atoms with Gasteiger partial charge in [-0.15, -0.1) is 0 Å². The first-order chi connectivity index (χ1) is 6.98. The van der Waals surface area contributed by atoms with Crippen molar-refractivity contribution in [2.45, 2.75) is 26.3 Å². The third kappa shape index (κ3) is 3.14. The van der Waals surface area contributed by atoms with Crippen molar-refractivity contribution in [3.63, 3.8) is 0 Å². The van der Waals surface area contributed by atoms with Gasteiger partial charge in [0.1, 0.15) is 0 Å². The first-order valence-electron chi connectivity index (χ1n) is 4.94. The molecule has 0 amide bonds. The normalized spacial score (nSPS) is 15.1. The molecule has 5 heteroatoms. The summed E-state index contributed by atoms with van der Waals surface area (Å²) >= 11 is 3.29. The minimum absolute atomic E-state index is 0.173. The second kappa shape index (κ2) is 4.90. The van der Waals surface area contributed by atoms with Crippen molar-refractivity contribution in [2.75, 3.05) is 11.9 Å². The lowest BCUT2D eigenvalue weighted by Crippen LogP contribution is -2.47. The Hall–Kier alpha value is -0.680. The van der Waals surface area contributed by atoms with E-state index in [4.69, 9.17) is 5.73 Å². The van der Waals surface area contributed by atoms with E-state index in [0.29, 0.717) is 18.4 Å². The van der Waals surface area contributed by atoms with Crippen LogP contribution < -0.4 is 11.1 Å². The highest BCUT2D eigenvalue weighted by molar-refractivity contribution is 9.10. The smallest absolute Gasteiger partial charge is 0.223 e. The molecule has 0 aliphatic carbocycles. The van der Waals surface area contributed by atoms with Crippen molar-refractivity contribution in [1.82, 2.24) is 9.97 Å².